The molecule has 5 heteroatoms. The van der Waals surface area contributed by atoms with Crippen LogP contribution in [-0.4, -0.2) is 55.3 Å². The van der Waals surface area contributed by atoms with Gasteiger partial charge in [-0.05, 0) is 40.9 Å². The normalized spacial score (nSPS) is 24.9. The van der Waals surface area contributed by atoms with Gasteiger partial charge in [-0.3, -0.25) is 4.90 Å². The predicted octanol–water partition coefficient (Wildman–Crippen LogP) is 2.06. The molecule has 1 unspecified atom stereocenters. The molecule has 1 aromatic heterocycles. The van der Waals surface area contributed by atoms with Gasteiger partial charge in [-0.2, -0.15) is 0 Å². The molecule has 2 aliphatic heterocycles. The number of halogens is 1. The molecule has 0 aliphatic carbocycles. The van der Waals surface area contributed by atoms with Crippen LogP contribution in [0.5, 0.6) is 0 Å². The van der Waals surface area contributed by atoms with E-state index in [4.69, 9.17) is 4.74 Å². The number of anilines is 1. The molecule has 1 atom stereocenters. The Morgan fingerprint density at radius 1 is 1.32 bits per heavy atom. The molecule has 3 heterocycles. The zero-order chi connectivity index (χ0) is 13.2. The number of rotatable bonds is 2. The van der Waals surface area contributed by atoms with E-state index in [1.807, 2.05) is 12.3 Å². The van der Waals surface area contributed by atoms with Gasteiger partial charge < -0.3 is 9.64 Å². The standard InChI is InChI=1S/C14H20BrN3O/c1-11-2-4-16-14(13(11)15)18-5-3-12(10-18)17-6-8-19-9-7-17/h2,4,12H,3,5-10H2,1H3. The van der Waals surface area contributed by atoms with Gasteiger partial charge in [-0.15, -0.1) is 0 Å². The third-order valence-corrected chi connectivity index (χ3v) is 5.07. The van der Waals surface area contributed by atoms with Crippen molar-refractivity contribution in [3.8, 4) is 0 Å². The molecule has 0 saturated carbocycles. The first-order chi connectivity index (χ1) is 9.25. The van der Waals surface area contributed by atoms with Gasteiger partial charge in [-0.25, -0.2) is 4.98 Å². The van der Waals surface area contributed by atoms with Crippen LogP contribution >= 0.6 is 15.9 Å². The average molecular weight is 326 g/mol. The van der Waals surface area contributed by atoms with Crippen LogP contribution in [0.3, 0.4) is 0 Å². The van der Waals surface area contributed by atoms with Crippen molar-refractivity contribution in [2.24, 2.45) is 0 Å². The molecule has 4 nitrogen and oxygen atoms in total. The highest BCUT2D eigenvalue weighted by molar-refractivity contribution is 9.10. The molecular weight excluding hydrogens is 306 g/mol. The summed E-state index contributed by atoms with van der Waals surface area (Å²) in [6, 6.07) is 2.70. The molecule has 19 heavy (non-hydrogen) atoms. The first-order valence-corrected chi connectivity index (χ1v) is 7.73. The summed E-state index contributed by atoms with van der Waals surface area (Å²) in [7, 11) is 0. The molecule has 0 N–H and O–H groups in total. The largest absolute Gasteiger partial charge is 0.379 e. The maximum atomic E-state index is 5.43. The van der Waals surface area contributed by atoms with E-state index in [0.717, 1.165) is 49.7 Å². The van der Waals surface area contributed by atoms with Crippen molar-refractivity contribution in [3.63, 3.8) is 0 Å². The van der Waals surface area contributed by atoms with Crippen molar-refractivity contribution in [3.05, 3.63) is 22.3 Å². The van der Waals surface area contributed by atoms with E-state index in [1.165, 1.54) is 12.0 Å². The van der Waals surface area contributed by atoms with Gasteiger partial charge in [0.1, 0.15) is 5.82 Å². The lowest BCUT2D eigenvalue weighted by Crippen LogP contribution is -2.44. The fourth-order valence-corrected chi connectivity index (χ4v) is 3.41. The number of hydrogen-bond donors (Lipinski definition) is 0. The zero-order valence-electron chi connectivity index (χ0n) is 11.3. The molecule has 2 fully saturated rings. The number of aryl methyl sites for hydroxylation is 1. The number of ether oxygens (including phenoxy) is 1. The monoisotopic (exact) mass is 325 g/mol. The van der Waals surface area contributed by atoms with Crippen LogP contribution in [0.15, 0.2) is 16.7 Å². The highest BCUT2D eigenvalue weighted by atomic mass is 79.9. The zero-order valence-corrected chi connectivity index (χ0v) is 12.9. The highest BCUT2D eigenvalue weighted by Gasteiger charge is 2.30. The minimum absolute atomic E-state index is 0.651. The van der Waals surface area contributed by atoms with Crippen molar-refractivity contribution >= 4 is 21.7 Å². The van der Waals surface area contributed by atoms with E-state index in [2.05, 4.69) is 37.6 Å². The highest BCUT2D eigenvalue weighted by Crippen LogP contribution is 2.30. The van der Waals surface area contributed by atoms with Crippen LogP contribution < -0.4 is 4.90 Å². The lowest BCUT2D eigenvalue weighted by Gasteiger charge is -2.32. The summed E-state index contributed by atoms with van der Waals surface area (Å²) in [6.45, 7) is 8.19. The van der Waals surface area contributed by atoms with Crippen molar-refractivity contribution in [2.45, 2.75) is 19.4 Å². The van der Waals surface area contributed by atoms with Crippen molar-refractivity contribution in [1.29, 1.82) is 0 Å². The first-order valence-electron chi connectivity index (χ1n) is 6.93. The molecule has 0 radical (unpaired) electrons. The Balaban J connectivity index is 1.69. The number of nitrogens with zero attached hydrogens (tertiary/aromatic N) is 3. The molecule has 0 spiro atoms. The fraction of sp³-hybridized carbons (Fsp3) is 0.643. The fourth-order valence-electron chi connectivity index (χ4n) is 2.92. The van der Waals surface area contributed by atoms with Crippen LogP contribution in [0, 0.1) is 6.92 Å². The molecule has 2 aliphatic rings. The Kier molecular flexibility index (Phi) is 4.05. The molecule has 3 rings (SSSR count). The topological polar surface area (TPSA) is 28.6 Å². The molecule has 0 aromatic carbocycles. The Hall–Kier alpha value is -0.650. The molecular formula is C14H20BrN3O. The van der Waals surface area contributed by atoms with Gasteiger partial charge >= 0.3 is 0 Å². The number of aromatic nitrogens is 1. The SMILES string of the molecule is Cc1ccnc(N2CCC(N3CCOCC3)C2)c1Br. The minimum Gasteiger partial charge on any atom is -0.379 e. The van der Waals surface area contributed by atoms with E-state index < -0.39 is 0 Å². The van der Waals surface area contributed by atoms with Crippen LogP contribution in [0.4, 0.5) is 5.82 Å². The number of hydrogen-bond acceptors (Lipinski definition) is 4. The van der Waals surface area contributed by atoms with Gasteiger partial charge in [0.05, 0.1) is 17.7 Å². The third kappa shape index (κ3) is 2.78. The Morgan fingerprint density at radius 3 is 2.89 bits per heavy atom. The van der Waals surface area contributed by atoms with Crippen LogP contribution in [0.25, 0.3) is 0 Å². The Bertz CT molecular complexity index is 448. The number of pyridine rings is 1. The van der Waals surface area contributed by atoms with Gasteiger partial charge in [-0.1, -0.05) is 0 Å². The Morgan fingerprint density at radius 2 is 2.11 bits per heavy atom. The van der Waals surface area contributed by atoms with Gasteiger partial charge in [0.15, 0.2) is 0 Å². The van der Waals surface area contributed by atoms with E-state index in [1.54, 1.807) is 0 Å². The second-order valence-electron chi connectivity index (χ2n) is 5.30. The maximum absolute atomic E-state index is 5.43. The van der Waals surface area contributed by atoms with E-state index in [9.17, 15) is 0 Å². The average Bonchev–Trinajstić information content (AvgIpc) is 2.92. The van der Waals surface area contributed by atoms with Crippen LogP contribution in [-0.2, 0) is 4.74 Å². The van der Waals surface area contributed by atoms with E-state index in [-0.39, 0.29) is 0 Å². The molecule has 2 saturated heterocycles. The quantitative estimate of drug-likeness (QED) is 0.832. The van der Waals surface area contributed by atoms with Crippen molar-refractivity contribution in [2.75, 3.05) is 44.3 Å². The summed E-state index contributed by atoms with van der Waals surface area (Å²) in [5, 5.41) is 0. The lowest BCUT2D eigenvalue weighted by atomic mass is 10.2. The number of morpholine rings is 1. The van der Waals surface area contributed by atoms with Gasteiger partial charge in [0.25, 0.3) is 0 Å². The second-order valence-corrected chi connectivity index (χ2v) is 6.10. The van der Waals surface area contributed by atoms with Crippen molar-refractivity contribution in [1.82, 2.24) is 9.88 Å². The molecule has 0 bridgehead atoms. The van der Waals surface area contributed by atoms with E-state index >= 15 is 0 Å². The third-order valence-electron chi connectivity index (χ3n) is 4.09. The predicted molar refractivity (Wildman–Crippen MR) is 79.7 cm³/mol. The van der Waals surface area contributed by atoms with Gasteiger partial charge in [0.2, 0.25) is 0 Å². The molecule has 104 valence electrons. The smallest absolute Gasteiger partial charge is 0.143 e. The minimum atomic E-state index is 0.651. The second kappa shape index (κ2) is 5.77. The summed E-state index contributed by atoms with van der Waals surface area (Å²) >= 11 is 3.67. The molecule has 1 aromatic rings. The van der Waals surface area contributed by atoms with Crippen LogP contribution in [0.2, 0.25) is 0 Å². The maximum Gasteiger partial charge on any atom is 0.143 e. The van der Waals surface area contributed by atoms with Crippen molar-refractivity contribution < 1.29 is 4.74 Å². The summed E-state index contributed by atoms with van der Waals surface area (Å²) in [5.41, 5.74) is 1.25. The summed E-state index contributed by atoms with van der Waals surface area (Å²) < 4.78 is 6.57. The lowest BCUT2D eigenvalue weighted by molar-refractivity contribution is 0.0209. The molecule has 0 amide bonds. The van der Waals surface area contributed by atoms with Gasteiger partial charge in [0, 0.05) is 38.4 Å². The summed E-state index contributed by atoms with van der Waals surface area (Å²) in [5.74, 6) is 1.09. The Labute approximate surface area is 122 Å². The van der Waals surface area contributed by atoms with E-state index in [0.29, 0.717) is 6.04 Å². The summed E-state index contributed by atoms with van der Waals surface area (Å²) in [6.07, 6.45) is 3.12. The van der Waals surface area contributed by atoms with Crippen LogP contribution in [0.1, 0.15) is 12.0 Å². The summed E-state index contributed by atoms with van der Waals surface area (Å²) in [4.78, 5) is 9.50. The first kappa shape index (κ1) is 13.3.